The largest absolute Gasteiger partial charge is 0.459 e. The average Bonchev–Trinajstić information content (AvgIpc) is 3.78. The minimum atomic E-state index is -4.27. The van der Waals surface area contributed by atoms with Crippen LogP contribution in [0.4, 0.5) is 24.5 Å². The van der Waals surface area contributed by atoms with Crippen molar-refractivity contribution in [3.63, 3.8) is 0 Å². The number of carbonyl (C=O) groups excluding carboxylic acids is 1. The molecule has 7 rings (SSSR count). The Morgan fingerprint density at radius 3 is 2.35 bits per heavy atom. The van der Waals surface area contributed by atoms with E-state index in [0.717, 1.165) is 91.9 Å². The minimum absolute atomic E-state index is 0.0439. The standard InChI is InChI=1S/C39H48F3N7O5S/c1-39(2,3)54-35(50)25-46-13-10-26(11-14-46)23-47-16-18-48(19-17-47)30-6-4-27(5-7-30)28-20-31-34(22-44-38(31)43-21-28)53-37-32(41)8-9-33(36(37)42)45-55(51,52)49-15-12-29(40)24-49/h4-9,20-22,26,29,45H,10-19,23-25H2,1-3H3,(H,43,44)/t29-/m1/s1. The Kier molecular flexibility index (Phi) is 11.3. The van der Waals surface area contributed by atoms with E-state index in [1.165, 1.54) is 6.20 Å². The lowest BCUT2D eigenvalue weighted by molar-refractivity contribution is -0.156. The van der Waals surface area contributed by atoms with Crippen LogP contribution in [0.3, 0.4) is 0 Å². The highest BCUT2D eigenvalue weighted by molar-refractivity contribution is 7.90. The van der Waals surface area contributed by atoms with Crippen LogP contribution in [0.5, 0.6) is 11.5 Å². The van der Waals surface area contributed by atoms with Gasteiger partial charge in [-0.25, -0.2) is 18.2 Å². The van der Waals surface area contributed by atoms with Gasteiger partial charge in [-0.05, 0) is 94.9 Å². The highest BCUT2D eigenvalue weighted by Gasteiger charge is 2.33. The molecule has 3 aliphatic rings. The number of nitrogens with zero attached hydrogens (tertiary/aromatic N) is 5. The molecule has 0 saturated carbocycles. The predicted octanol–water partition coefficient (Wildman–Crippen LogP) is 6.18. The van der Waals surface area contributed by atoms with E-state index in [0.29, 0.717) is 23.5 Å². The molecule has 0 amide bonds. The molecule has 3 saturated heterocycles. The molecule has 2 N–H and O–H groups in total. The summed E-state index contributed by atoms with van der Waals surface area (Å²) in [4.78, 5) is 26.8. The molecule has 3 fully saturated rings. The van der Waals surface area contributed by atoms with Crippen LogP contribution in [0, 0.1) is 17.6 Å². The Morgan fingerprint density at radius 2 is 1.67 bits per heavy atom. The van der Waals surface area contributed by atoms with Gasteiger partial charge in [-0.1, -0.05) is 12.1 Å². The van der Waals surface area contributed by atoms with Gasteiger partial charge in [-0.15, -0.1) is 0 Å². The van der Waals surface area contributed by atoms with Crippen molar-refractivity contribution in [3.8, 4) is 22.6 Å². The number of fused-ring (bicyclic) bond motifs is 1. The Labute approximate surface area is 319 Å². The molecule has 3 aliphatic heterocycles. The fourth-order valence-electron chi connectivity index (χ4n) is 7.45. The SMILES string of the molecule is CC(C)(C)OC(=O)CN1CCC(CN2CCN(c3ccc(-c4cnc5[nH]cc(Oc6c(F)ccc(NS(=O)(=O)N7CC[C@@H](F)C7)c6F)c5c4)cc3)CC2)CC1. The number of piperidine rings is 1. The fourth-order valence-corrected chi connectivity index (χ4v) is 8.72. The van der Waals surface area contributed by atoms with Gasteiger partial charge >= 0.3 is 16.2 Å². The molecule has 0 radical (unpaired) electrons. The van der Waals surface area contributed by atoms with Gasteiger partial charge in [0.25, 0.3) is 0 Å². The first kappa shape index (κ1) is 38.9. The number of H-pyrrole nitrogens is 1. The van der Waals surface area contributed by atoms with Crippen molar-refractivity contribution in [1.29, 1.82) is 0 Å². The Morgan fingerprint density at radius 1 is 0.945 bits per heavy atom. The first-order chi connectivity index (χ1) is 26.2. The second-order valence-electron chi connectivity index (χ2n) is 15.6. The number of esters is 1. The summed E-state index contributed by atoms with van der Waals surface area (Å²) in [7, 11) is -4.27. The van der Waals surface area contributed by atoms with E-state index >= 15 is 4.39 Å². The van der Waals surface area contributed by atoms with E-state index in [4.69, 9.17) is 9.47 Å². The summed E-state index contributed by atoms with van der Waals surface area (Å²) < 4.78 is 83.7. The molecule has 0 aliphatic carbocycles. The molecule has 0 unspecified atom stereocenters. The number of alkyl halides is 1. The maximum atomic E-state index is 15.5. The minimum Gasteiger partial charge on any atom is -0.459 e. The lowest BCUT2D eigenvalue weighted by Gasteiger charge is -2.39. The zero-order valence-corrected chi connectivity index (χ0v) is 32.2. The number of carbonyl (C=O) groups is 1. The normalized spacial score (nSPS) is 19.6. The summed E-state index contributed by atoms with van der Waals surface area (Å²) in [6.07, 6.45) is 4.03. The van der Waals surface area contributed by atoms with Crippen molar-refractivity contribution >= 4 is 38.6 Å². The molecule has 0 spiro atoms. The van der Waals surface area contributed by atoms with E-state index in [1.807, 2.05) is 39.0 Å². The maximum absolute atomic E-state index is 15.5. The van der Waals surface area contributed by atoms with Crippen LogP contribution in [0.2, 0.25) is 0 Å². The van der Waals surface area contributed by atoms with E-state index in [9.17, 15) is 22.0 Å². The van der Waals surface area contributed by atoms with Crippen molar-refractivity contribution in [3.05, 3.63) is 66.5 Å². The van der Waals surface area contributed by atoms with Gasteiger partial charge in [0.05, 0.1) is 17.6 Å². The lowest BCUT2D eigenvalue weighted by Crippen LogP contribution is -2.49. The number of anilines is 2. The third-order valence-electron chi connectivity index (χ3n) is 10.4. The van der Waals surface area contributed by atoms with Gasteiger partial charge in [0.1, 0.15) is 17.4 Å². The van der Waals surface area contributed by atoms with Gasteiger partial charge in [0, 0.05) is 69.5 Å². The predicted molar refractivity (Wildman–Crippen MR) is 205 cm³/mol. The van der Waals surface area contributed by atoms with Crippen LogP contribution in [0.1, 0.15) is 40.0 Å². The molecule has 296 valence electrons. The third kappa shape index (κ3) is 9.36. The number of pyridine rings is 1. The molecule has 1 atom stereocenters. The molecule has 2 aromatic heterocycles. The van der Waals surface area contributed by atoms with Crippen LogP contribution in [-0.4, -0.2) is 116 Å². The lowest BCUT2D eigenvalue weighted by atomic mass is 9.96. The van der Waals surface area contributed by atoms with Gasteiger partial charge < -0.3 is 19.4 Å². The highest BCUT2D eigenvalue weighted by Crippen LogP contribution is 2.37. The quantitative estimate of drug-likeness (QED) is 0.172. The van der Waals surface area contributed by atoms with E-state index < -0.39 is 45.1 Å². The van der Waals surface area contributed by atoms with Crippen LogP contribution in [-0.2, 0) is 19.7 Å². The molecule has 4 aromatic rings. The number of piperazine rings is 1. The van der Waals surface area contributed by atoms with Crippen molar-refractivity contribution in [2.45, 2.75) is 51.8 Å². The fraction of sp³-hybridized carbons (Fsp3) is 0.487. The van der Waals surface area contributed by atoms with Crippen molar-refractivity contribution < 1.29 is 35.9 Å². The topological polar surface area (TPSA) is 123 Å². The monoisotopic (exact) mass is 783 g/mol. The summed E-state index contributed by atoms with van der Waals surface area (Å²) in [6, 6.07) is 11.9. The number of likely N-dealkylation sites (tertiary alicyclic amines) is 1. The Bertz CT molecular complexity index is 2090. The second kappa shape index (κ2) is 16.0. The molecule has 16 heteroatoms. The number of aromatic amines is 1. The zero-order valence-electron chi connectivity index (χ0n) is 31.4. The van der Waals surface area contributed by atoms with E-state index in [1.54, 1.807) is 6.20 Å². The molecule has 55 heavy (non-hydrogen) atoms. The van der Waals surface area contributed by atoms with Crippen LogP contribution < -0.4 is 14.4 Å². The third-order valence-corrected chi connectivity index (χ3v) is 11.9. The number of ether oxygens (including phenoxy) is 2. The first-order valence-corrected chi connectivity index (χ1v) is 20.2. The van der Waals surface area contributed by atoms with Crippen LogP contribution in [0.15, 0.2) is 54.9 Å². The Hall–Kier alpha value is -4.38. The first-order valence-electron chi connectivity index (χ1n) is 18.8. The summed E-state index contributed by atoms with van der Waals surface area (Å²) in [5.41, 5.74) is 2.24. The number of hydrogen-bond acceptors (Lipinski definition) is 9. The average molecular weight is 784 g/mol. The van der Waals surface area contributed by atoms with Crippen molar-refractivity contribution in [2.24, 2.45) is 5.92 Å². The molecular weight excluding hydrogens is 736 g/mol. The number of benzene rings is 2. The molecular formula is C39H48F3N7O5S. The van der Waals surface area contributed by atoms with Gasteiger partial charge in [0.2, 0.25) is 5.75 Å². The summed E-state index contributed by atoms with van der Waals surface area (Å²) in [5, 5.41) is 0.474. The van der Waals surface area contributed by atoms with Gasteiger partial charge in [-0.3, -0.25) is 19.3 Å². The smallest absolute Gasteiger partial charge is 0.320 e. The molecule has 5 heterocycles. The number of aromatic nitrogens is 2. The Balaban J connectivity index is 0.943. The van der Waals surface area contributed by atoms with E-state index in [-0.39, 0.29) is 31.2 Å². The number of hydrogen-bond donors (Lipinski definition) is 2. The van der Waals surface area contributed by atoms with Crippen molar-refractivity contribution in [2.75, 3.05) is 75.1 Å². The second-order valence-corrected chi connectivity index (χ2v) is 17.3. The molecule has 2 aromatic carbocycles. The van der Waals surface area contributed by atoms with Crippen LogP contribution in [0.25, 0.3) is 22.2 Å². The number of rotatable bonds is 11. The summed E-state index contributed by atoms with van der Waals surface area (Å²) in [5.74, 6) is -2.50. The van der Waals surface area contributed by atoms with Crippen molar-refractivity contribution in [1.82, 2.24) is 24.1 Å². The molecule has 0 bridgehead atoms. The number of nitrogens with one attached hydrogen (secondary N) is 2. The summed E-state index contributed by atoms with van der Waals surface area (Å²) in [6.45, 7) is 12.3. The number of halogens is 3. The van der Waals surface area contributed by atoms with Gasteiger partial charge in [0.15, 0.2) is 17.4 Å². The molecule has 12 nitrogen and oxygen atoms in total. The zero-order chi connectivity index (χ0) is 38.9. The van der Waals surface area contributed by atoms with Crippen LogP contribution >= 0.6 is 0 Å². The maximum Gasteiger partial charge on any atom is 0.320 e. The van der Waals surface area contributed by atoms with E-state index in [2.05, 4.69) is 41.5 Å². The van der Waals surface area contributed by atoms with Gasteiger partial charge in [-0.2, -0.15) is 12.7 Å². The summed E-state index contributed by atoms with van der Waals surface area (Å²) >= 11 is 0. The highest BCUT2D eigenvalue weighted by atomic mass is 32.2.